The SMILES string of the molecule is Cc1ccc(CN(C)C(=O)c2ccc(C)c(NC(=O)c3ccco3)c2)c(C)c1. The summed E-state index contributed by atoms with van der Waals surface area (Å²) in [6.45, 7) is 6.50. The summed E-state index contributed by atoms with van der Waals surface area (Å²) >= 11 is 0. The lowest BCUT2D eigenvalue weighted by molar-refractivity contribution is 0.0784. The number of nitrogens with zero attached hydrogens (tertiary/aromatic N) is 1. The van der Waals surface area contributed by atoms with Gasteiger partial charge in [0, 0.05) is 24.8 Å². The molecule has 5 nitrogen and oxygen atoms in total. The van der Waals surface area contributed by atoms with Gasteiger partial charge in [0.2, 0.25) is 0 Å². The lowest BCUT2D eigenvalue weighted by Gasteiger charge is -2.20. The third kappa shape index (κ3) is 4.31. The largest absolute Gasteiger partial charge is 0.459 e. The molecule has 0 radical (unpaired) electrons. The molecule has 3 aromatic rings. The third-order valence-corrected chi connectivity index (χ3v) is 4.73. The van der Waals surface area contributed by atoms with Crippen LogP contribution in [0.3, 0.4) is 0 Å². The van der Waals surface area contributed by atoms with Crippen LogP contribution in [0.25, 0.3) is 0 Å². The van der Waals surface area contributed by atoms with Crippen LogP contribution in [0.15, 0.2) is 59.2 Å². The van der Waals surface area contributed by atoms with Gasteiger partial charge in [-0.15, -0.1) is 0 Å². The highest BCUT2D eigenvalue weighted by Crippen LogP contribution is 2.20. The first-order valence-corrected chi connectivity index (χ1v) is 9.12. The molecule has 0 fully saturated rings. The number of carbonyl (C=O) groups is 2. The molecule has 0 bridgehead atoms. The Hall–Kier alpha value is -3.34. The fourth-order valence-electron chi connectivity index (χ4n) is 3.05. The molecule has 0 aliphatic carbocycles. The smallest absolute Gasteiger partial charge is 0.291 e. The van der Waals surface area contributed by atoms with Crippen LogP contribution in [0.5, 0.6) is 0 Å². The van der Waals surface area contributed by atoms with Crippen molar-refractivity contribution in [2.24, 2.45) is 0 Å². The predicted octanol–water partition coefficient (Wildman–Crippen LogP) is 4.73. The summed E-state index contributed by atoms with van der Waals surface area (Å²) in [5.41, 5.74) is 5.45. The molecular weight excluding hydrogens is 352 g/mol. The molecule has 1 heterocycles. The van der Waals surface area contributed by atoms with E-state index in [1.165, 1.54) is 11.8 Å². The minimum absolute atomic E-state index is 0.103. The maximum Gasteiger partial charge on any atom is 0.291 e. The summed E-state index contributed by atoms with van der Waals surface area (Å²) in [5.74, 6) is -0.224. The average Bonchev–Trinajstić information content (AvgIpc) is 3.20. The van der Waals surface area contributed by atoms with E-state index < -0.39 is 0 Å². The number of rotatable bonds is 5. The minimum Gasteiger partial charge on any atom is -0.459 e. The van der Waals surface area contributed by atoms with Gasteiger partial charge in [0.25, 0.3) is 11.8 Å². The molecule has 28 heavy (non-hydrogen) atoms. The van der Waals surface area contributed by atoms with Crippen molar-refractivity contribution in [1.29, 1.82) is 0 Å². The first-order chi connectivity index (χ1) is 13.3. The topological polar surface area (TPSA) is 62.6 Å². The maximum atomic E-state index is 12.9. The maximum absolute atomic E-state index is 12.9. The summed E-state index contributed by atoms with van der Waals surface area (Å²) in [6, 6.07) is 14.8. The summed E-state index contributed by atoms with van der Waals surface area (Å²) in [7, 11) is 1.78. The Labute approximate surface area is 165 Å². The summed E-state index contributed by atoms with van der Waals surface area (Å²) in [4.78, 5) is 26.8. The molecule has 0 aliphatic rings. The minimum atomic E-state index is -0.346. The summed E-state index contributed by atoms with van der Waals surface area (Å²) in [5, 5.41) is 2.81. The van der Waals surface area contributed by atoms with Crippen molar-refractivity contribution in [3.05, 3.63) is 88.4 Å². The van der Waals surface area contributed by atoms with E-state index in [1.54, 1.807) is 36.2 Å². The number of hydrogen-bond acceptors (Lipinski definition) is 3. The molecule has 3 rings (SSSR count). The highest BCUT2D eigenvalue weighted by atomic mass is 16.3. The van der Waals surface area contributed by atoms with Crippen LogP contribution in [0, 0.1) is 20.8 Å². The molecule has 0 saturated carbocycles. The lowest BCUT2D eigenvalue weighted by Crippen LogP contribution is -2.26. The number of nitrogens with one attached hydrogen (secondary N) is 1. The Morgan fingerprint density at radius 2 is 1.79 bits per heavy atom. The lowest BCUT2D eigenvalue weighted by atomic mass is 10.0. The van der Waals surface area contributed by atoms with Crippen molar-refractivity contribution >= 4 is 17.5 Å². The molecule has 5 heteroatoms. The second-order valence-electron chi connectivity index (χ2n) is 7.05. The molecule has 2 amide bonds. The van der Waals surface area contributed by atoms with Crippen molar-refractivity contribution in [1.82, 2.24) is 4.90 Å². The molecule has 0 atom stereocenters. The van der Waals surface area contributed by atoms with Gasteiger partial charge in [-0.1, -0.05) is 29.8 Å². The fraction of sp³-hybridized carbons (Fsp3) is 0.217. The van der Waals surface area contributed by atoms with E-state index in [2.05, 4.69) is 37.4 Å². The summed E-state index contributed by atoms with van der Waals surface area (Å²) in [6.07, 6.45) is 1.45. The Balaban J connectivity index is 1.77. The highest BCUT2D eigenvalue weighted by Gasteiger charge is 2.16. The van der Waals surface area contributed by atoms with Crippen LogP contribution in [-0.4, -0.2) is 23.8 Å². The monoisotopic (exact) mass is 376 g/mol. The van der Waals surface area contributed by atoms with Crippen LogP contribution < -0.4 is 5.32 Å². The van der Waals surface area contributed by atoms with Crippen molar-refractivity contribution in [2.45, 2.75) is 27.3 Å². The number of hydrogen-bond donors (Lipinski definition) is 1. The van der Waals surface area contributed by atoms with Crippen molar-refractivity contribution in [2.75, 3.05) is 12.4 Å². The van der Waals surface area contributed by atoms with Gasteiger partial charge in [0.1, 0.15) is 0 Å². The van der Waals surface area contributed by atoms with E-state index in [-0.39, 0.29) is 17.6 Å². The normalized spacial score (nSPS) is 10.6. The quantitative estimate of drug-likeness (QED) is 0.700. The second kappa shape index (κ2) is 8.13. The molecule has 1 N–H and O–H groups in total. The molecule has 2 aromatic carbocycles. The van der Waals surface area contributed by atoms with Crippen molar-refractivity contribution in [3.63, 3.8) is 0 Å². The van der Waals surface area contributed by atoms with Crippen LogP contribution in [-0.2, 0) is 6.54 Å². The van der Waals surface area contributed by atoms with Crippen LogP contribution >= 0.6 is 0 Å². The first kappa shape index (κ1) is 19.4. The molecule has 144 valence electrons. The Kier molecular flexibility index (Phi) is 5.64. The van der Waals surface area contributed by atoms with Gasteiger partial charge in [-0.05, 0) is 61.7 Å². The van der Waals surface area contributed by atoms with E-state index in [1.807, 2.05) is 13.0 Å². The molecule has 0 spiro atoms. The zero-order valence-electron chi connectivity index (χ0n) is 16.6. The molecule has 0 unspecified atom stereocenters. The van der Waals surface area contributed by atoms with E-state index in [9.17, 15) is 9.59 Å². The zero-order chi connectivity index (χ0) is 20.3. The third-order valence-electron chi connectivity index (χ3n) is 4.73. The van der Waals surface area contributed by atoms with Gasteiger partial charge in [-0.25, -0.2) is 0 Å². The van der Waals surface area contributed by atoms with Crippen molar-refractivity contribution in [3.8, 4) is 0 Å². The van der Waals surface area contributed by atoms with E-state index in [0.717, 1.165) is 16.7 Å². The first-order valence-electron chi connectivity index (χ1n) is 9.12. The number of anilines is 1. The zero-order valence-corrected chi connectivity index (χ0v) is 16.6. The number of carbonyl (C=O) groups excluding carboxylic acids is 2. The number of amides is 2. The average molecular weight is 376 g/mol. The Bertz CT molecular complexity index is 1010. The standard InChI is InChI=1S/C23H24N2O3/c1-15-7-9-19(17(3)12-15)14-25(4)23(27)18-10-8-16(2)20(13-18)24-22(26)21-6-5-11-28-21/h5-13H,14H2,1-4H3,(H,24,26). The van der Waals surface area contributed by atoms with Crippen LogP contribution in [0.4, 0.5) is 5.69 Å². The van der Waals surface area contributed by atoms with Crippen LogP contribution in [0.1, 0.15) is 43.2 Å². The molecule has 0 aliphatic heterocycles. The Morgan fingerprint density at radius 3 is 2.46 bits per heavy atom. The number of furan rings is 1. The van der Waals surface area contributed by atoms with Gasteiger partial charge >= 0.3 is 0 Å². The predicted molar refractivity (Wildman–Crippen MR) is 110 cm³/mol. The van der Waals surface area contributed by atoms with Crippen molar-refractivity contribution < 1.29 is 14.0 Å². The van der Waals surface area contributed by atoms with Gasteiger partial charge in [0.05, 0.1) is 6.26 Å². The molecule has 1 aromatic heterocycles. The highest BCUT2D eigenvalue weighted by molar-refractivity contribution is 6.03. The molecular formula is C23H24N2O3. The van der Waals surface area contributed by atoms with Gasteiger partial charge in [-0.2, -0.15) is 0 Å². The van der Waals surface area contributed by atoms with Crippen LogP contribution in [0.2, 0.25) is 0 Å². The molecule has 0 saturated heterocycles. The van der Waals surface area contributed by atoms with Gasteiger partial charge < -0.3 is 14.6 Å². The summed E-state index contributed by atoms with van der Waals surface area (Å²) < 4.78 is 5.12. The van der Waals surface area contributed by atoms with E-state index in [0.29, 0.717) is 17.8 Å². The number of aryl methyl sites for hydroxylation is 3. The second-order valence-corrected chi connectivity index (χ2v) is 7.05. The fourth-order valence-corrected chi connectivity index (χ4v) is 3.05. The van der Waals surface area contributed by atoms with E-state index >= 15 is 0 Å². The van der Waals surface area contributed by atoms with E-state index in [4.69, 9.17) is 4.42 Å². The number of benzene rings is 2. The Morgan fingerprint density at radius 1 is 1.00 bits per heavy atom. The van der Waals surface area contributed by atoms with Gasteiger partial charge in [0.15, 0.2) is 5.76 Å². The van der Waals surface area contributed by atoms with Gasteiger partial charge in [-0.3, -0.25) is 9.59 Å².